The number of rotatable bonds is 2. The molecule has 3 heterocycles. The van der Waals surface area contributed by atoms with E-state index >= 15 is 0 Å². The topological polar surface area (TPSA) is 98.6 Å². The van der Waals surface area contributed by atoms with Crippen molar-refractivity contribution < 1.29 is 22.7 Å². The fourth-order valence-corrected chi connectivity index (χ4v) is 4.17. The number of hydrogen-bond acceptors (Lipinski definition) is 6. The molecule has 0 bridgehead atoms. The molecule has 33 heavy (non-hydrogen) atoms. The maximum Gasteiger partial charge on any atom is 0.416 e. The van der Waals surface area contributed by atoms with Crippen LogP contribution in [0.2, 0.25) is 0 Å². The third-order valence-electron chi connectivity index (χ3n) is 5.82. The number of aromatic nitrogens is 4. The Bertz CT molecular complexity index is 1350. The van der Waals surface area contributed by atoms with Gasteiger partial charge in [0.15, 0.2) is 5.65 Å². The van der Waals surface area contributed by atoms with E-state index in [1.165, 1.54) is 22.9 Å². The first-order valence-electron chi connectivity index (χ1n) is 10.2. The number of hydrogen-bond donors (Lipinski definition) is 1. The van der Waals surface area contributed by atoms with Gasteiger partial charge in [0.2, 0.25) is 5.95 Å². The van der Waals surface area contributed by atoms with Crippen LogP contribution in [0.15, 0.2) is 48.8 Å². The summed E-state index contributed by atoms with van der Waals surface area (Å²) < 4.78 is 46.1. The summed E-state index contributed by atoms with van der Waals surface area (Å²) in [4.78, 5) is 19.6. The summed E-state index contributed by atoms with van der Waals surface area (Å²) in [6.07, 6.45) is -2.99. The molecule has 170 valence electrons. The van der Waals surface area contributed by atoms with E-state index in [0.29, 0.717) is 34.3 Å². The quantitative estimate of drug-likeness (QED) is 0.496. The van der Waals surface area contributed by atoms with E-state index in [-0.39, 0.29) is 24.5 Å². The Balaban J connectivity index is 1.53. The van der Waals surface area contributed by atoms with Gasteiger partial charge in [-0.1, -0.05) is 12.1 Å². The van der Waals surface area contributed by atoms with Crippen LogP contribution in [-0.2, 0) is 10.9 Å². The van der Waals surface area contributed by atoms with Crippen LogP contribution >= 0.6 is 0 Å². The zero-order chi connectivity index (χ0) is 23.3. The highest BCUT2D eigenvalue weighted by Crippen LogP contribution is 2.33. The number of benzene rings is 2. The zero-order valence-corrected chi connectivity index (χ0v) is 17.5. The van der Waals surface area contributed by atoms with Crippen molar-refractivity contribution in [2.24, 2.45) is 0 Å². The van der Waals surface area contributed by atoms with Crippen LogP contribution in [-0.4, -0.2) is 49.6 Å². The molecule has 1 amide bonds. The summed E-state index contributed by atoms with van der Waals surface area (Å²) >= 11 is 0. The predicted molar refractivity (Wildman–Crippen MR) is 113 cm³/mol. The Morgan fingerprint density at radius 1 is 1.15 bits per heavy atom. The predicted octanol–water partition coefficient (Wildman–Crippen LogP) is 3.48. The van der Waals surface area contributed by atoms with Gasteiger partial charge in [-0.3, -0.25) is 9.20 Å². The molecule has 11 heteroatoms. The molecule has 4 aromatic rings. The molecule has 2 aromatic heterocycles. The Hall–Kier alpha value is -3.73. The second kappa shape index (κ2) is 7.69. The maximum absolute atomic E-state index is 13.6. The third kappa shape index (κ3) is 3.63. The number of nitrogen functional groups attached to an aromatic ring is 1. The number of ether oxygens (including phenoxy) is 1. The summed E-state index contributed by atoms with van der Waals surface area (Å²) in [6, 6.07) is 9.02. The summed E-state index contributed by atoms with van der Waals surface area (Å²) in [6.45, 7) is 2.35. The minimum absolute atomic E-state index is 0.182. The first-order chi connectivity index (χ1) is 15.7. The van der Waals surface area contributed by atoms with Crippen molar-refractivity contribution in [2.75, 3.05) is 18.9 Å². The lowest BCUT2D eigenvalue weighted by molar-refractivity contribution is -0.137. The van der Waals surface area contributed by atoms with Crippen molar-refractivity contribution >= 4 is 28.4 Å². The van der Waals surface area contributed by atoms with Crippen LogP contribution in [0.1, 0.15) is 34.5 Å². The number of amides is 1. The zero-order valence-electron chi connectivity index (χ0n) is 17.5. The molecule has 8 nitrogen and oxygen atoms in total. The van der Waals surface area contributed by atoms with Crippen molar-refractivity contribution in [1.82, 2.24) is 24.5 Å². The van der Waals surface area contributed by atoms with Gasteiger partial charge in [-0.15, -0.1) is 10.2 Å². The molecule has 2 atom stereocenters. The van der Waals surface area contributed by atoms with Crippen molar-refractivity contribution in [3.8, 4) is 0 Å². The van der Waals surface area contributed by atoms with Crippen LogP contribution in [0.5, 0.6) is 0 Å². The summed E-state index contributed by atoms with van der Waals surface area (Å²) in [5.41, 5.74) is 7.19. The lowest BCUT2D eigenvalue weighted by atomic mass is 9.99. The van der Waals surface area contributed by atoms with Gasteiger partial charge in [0.05, 0.1) is 36.4 Å². The van der Waals surface area contributed by atoms with Crippen LogP contribution < -0.4 is 5.73 Å². The number of morpholine rings is 1. The summed E-state index contributed by atoms with van der Waals surface area (Å²) in [7, 11) is 0. The largest absolute Gasteiger partial charge is 0.416 e. The highest BCUT2D eigenvalue weighted by atomic mass is 19.4. The molecule has 0 saturated carbocycles. The molecule has 1 aliphatic heterocycles. The molecule has 0 radical (unpaired) electrons. The molecule has 1 saturated heterocycles. The van der Waals surface area contributed by atoms with Gasteiger partial charge in [0.1, 0.15) is 6.33 Å². The standard InChI is InChI=1S/C22H19F3N6O2/c1-12-9-33-10-18(13-2-5-15(6-3-13)22(23,24)25)31(12)20(32)14-4-7-17-16(8-14)19-29-27-11-30(19)21(26)28-17/h2-8,11-12,18H,9-10H2,1H3,(H2,26,28). The van der Waals surface area contributed by atoms with Crippen molar-refractivity contribution in [3.05, 3.63) is 65.5 Å². The Morgan fingerprint density at radius 2 is 1.91 bits per heavy atom. The smallest absolute Gasteiger partial charge is 0.377 e. The second-order valence-electron chi connectivity index (χ2n) is 7.96. The van der Waals surface area contributed by atoms with E-state index in [2.05, 4.69) is 15.2 Å². The molecular weight excluding hydrogens is 437 g/mol. The van der Waals surface area contributed by atoms with Gasteiger partial charge in [-0.2, -0.15) is 13.2 Å². The summed E-state index contributed by atoms with van der Waals surface area (Å²) in [5.74, 6) is -0.0437. The van der Waals surface area contributed by atoms with E-state index in [9.17, 15) is 18.0 Å². The van der Waals surface area contributed by atoms with Gasteiger partial charge >= 0.3 is 6.18 Å². The average Bonchev–Trinajstić information content (AvgIpc) is 3.29. The normalized spacial score (nSPS) is 19.3. The molecule has 5 rings (SSSR count). The number of nitrogens with zero attached hydrogens (tertiary/aromatic N) is 5. The highest BCUT2D eigenvalue weighted by molar-refractivity contribution is 6.01. The van der Waals surface area contributed by atoms with Gasteiger partial charge in [-0.05, 0) is 42.8 Å². The van der Waals surface area contributed by atoms with Gasteiger partial charge in [0, 0.05) is 10.9 Å². The lowest BCUT2D eigenvalue weighted by Crippen LogP contribution is -2.49. The lowest BCUT2D eigenvalue weighted by Gasteiger charge is -2.41. The Kier molecular flexibility index (Phi) is 4.93. The van der Waals surface area contributed by atoms with E-state index in [1.54, 1.807) is 23.1 Å². The van der Waals surface area contributed by atoms with E-state index in [4.69, 9.17) is 10.5 Å². The Labute approximate surface area is 185 Å². The fraction of sp³-hybridized carbons (Fsp3) is 0.273. The number of fused-ring (bicyclic) bond motifs is 3. The number of halogens is 3. The number of anilines is 1. The van der Waals surface area contributed by atoms with Crippen LogP contribution in [0.25, 0.3) is 16.6 Å². The van der Waals surface area contributed by atoms with Crippen LogP contribution in [0.3, 0.4) is 0 Å². The number of nitrogens with two attached hydrogens (primary N) is 1. The van der Waals surface area contributed by atoms with Crippen molar-refractivity contribution in [3.63, 3.8) is 0 Å². The SMILES string of the molecule is CC1COCC(c2ccc(C(F)(F)F)cc2)N1C(=O)c1ccc2nc(N)n3cnnc3c2c1. The fourth-order valence-electron chi connectivity index (χ4n) is 4.17. The first-order valence-corrected chi connectivity index (χ1v) is 10.2. The van der Waals surface area contributed by atoms with E-state index in [0.717, 1.165) is 12.1 Å². The van der Waals surface area contributed by atoms with Crippen molar-refractivity contribution in [2.45, 2.75) is 25.2 Å². The van der Waals surface area contributed by atoms with Gasteiger partial charge < -0.3 is 15.4 Å². The molecule has 2 unspecified atom stereocenters. The molecule has 1 fully saturated rings. The number of carbonyl (C=O) groups excluding carboxylic acids is 1. The highest BCUT2D eigenvalue weighted by Gasteiger charge is 2.35. The third-order valence-corrected chi connectivity index (χ3v) is 5.82. The van der Waals surface area contributed by atoms with Gasteiger partial charge in [-0.25, -0.2) is 4.98 Å². The minimum atomic E-state index is -4.43. The average molecular weight is 456 g/mol. The first kappa shape index (κ1) is 21.1. The second-order valence-corrected chi connectivity index (χ2v) is 7.96. The van der Waals surface area contributed by atoms with E-state index < -0.39 is 17.8 Å². The molecule has 0 spiro atoms. The van der Waals surface area contributed by atoms with Crippen molar-refractivity contribution in [1.29, 1.82) is 0 Å². The Morgan fingerprint density at radius 3 is 2.64 bits per heavy atom. The molecule has 1 aliphatic rings. The molecular formula is C22H19F3N6O2. The molecule has 0 aliphatic carbocycles. The summed E-state index contributed by atoms with van der Waals surface area (Å²) in [5, 5.41) is 8.56. The number of alkyl halides is 3. The minimum Gasteiger partial charge on any atom is -0.377 e. The monoisotopic (exact) mass is 456 g/mol. The van der Waals surface area contributed by atoms with Crippen LogP contribution in [0, 0.1) is 0 Å². The van der Waals surface area contributed by atoms with Gasteiger partial charge in [0.25, 0.3) is 5.91 Å². The maximum atomic E-state index is 13.6. The van der Waals surface area contributed by atoms with Crippen LogP contribution in [0.4, 0.5) is 19.1 Å². The van der Waals surface area contributed by atoms with E-state index in [1.807, 2.05) is 6.92 Å². The molecule has 2 aromatic carbocycles. The number of carbonyl (C=O) groups is 1. The molecule has 2 N–H and O–H groups in total.